The second-order valence-electron chi connectivity index (χ2n) is 18.1. The van der Waals surface area contributed by atoms with E-state index < -0.39 is 22.2 Å². The number of fused-ring (bicyclic) bond motifs is 1. The van der Waals surface area contributed by atoms with Gasteiger partial charge in [-0.25, -0.2) is 17.5 Å². The third-order valence-electron chi connectivity index (χ3n) is 14.4. The Bertz CT molecular complexity index is 1480. The summed E-state index contributed by atoms with van der Waals surface area (Å²) in [5.41, 5.74) is 6.90. The van der Waals surface area contributed by atoms with Gasteiger partial charge in [-0.3, -0.25) is 9.69 Å². The van der Waals surface area contributed by atoms with Crippen LogP contribution in [0.25, 0.3) is 0 Å². The standard InChI is InChI=1S/C41H72FN9O3S/c1-48-21-19-32(20-22-48)55(53,54)50-25-23-49(24-26-50)36-27-34(30-15-11-7-5-6-8-12-16-30)44-29-35(36)46-41(52)37-39(43)47-51-38(33(42)28-45-40(37)51)31-17-13-9-3-2-4-10-14-18-31/h30-36,38,44-45H,2-29H2,1H3,(H2,43,47)(H,46,52). The zero-order chi connectivity index (χ0) is 38.4. The summed E-state index contributed by atoms with van der Waals surface area (Å²) in [5.74, 6) is 1.18. The number of hydrogen-bond acceptors (Lipinski definition) is 9. The molecule has 5 heterocycles. The summed E-state index contributed by atoms with van der Waals surface area (Å²) in [6, 6.07) is -0.215. The van der Waals surface area contributed by atoms with Crippen molar-refractivity contribution in [3.05, 3.63) is 5.56 Å². The van der Waals surface area contributed by atoms with Crippen molar-refractivity contribution in [2.75, 3.05) is 70.5 Å². The average Bonchev–Trinajstić information content (AvgIpc) is 3.59. The van der Waals surface area contributed by atoms with Gasteiger partial charge < -0.3 is 26.6 Å². The van der Waals surface area contributed by atoms with E-state index in [0.717, 1.165) is 45.2 Å². The van der Waals surface area contributed by atoms with Crippen molar-refractivity contribution in [1.82, 2.24) is 34.5 Å². The molecule has 55 heavy (non-hydrogen) atoms. The number of piperidine rings is 2. The van der Waals surface area contributed by atoms with Gasteiger partial charge in [0.25, 0.3) is 5.91 Å². The van der Waals surface area contributed by atoms with E-state index >= 15 is 4.39 Å². The molecule has 0 radical (unpaired) electrons. The number of aromatic nitrogens is 2. The Labute approximate surface area is 330 Å². The number of hydrogen-bond donors (Lipinski definition) is 4. The normalized spacial score (nSPS) is 31.7. The minimum atomic E-state index is -3.36. The molecule has 0 aromatic carbocycles. The highest BCUT2D eigenvalue weighted by Crippen LogP contribution is 2.40. The predicted octanol–water partition coefficient (Wildman–Crippen LogP) is 5.53. The second kappa shape index (κ2) is 19.2. The zero-order valence-corrected chi connectivity index (χ0v) is 34.6. The first kappa shape index (κ1) is 41.2. The molecule has 12 nitrogen and oxygen atoms in total. The Kier molecular flexibility index (Phi) is 14.3. The number of amides is 1. The van der Waals surface area contributed by atoms with E-state index in [1.165, 1.54) is 83.5 Å². The highest BCUT2D eigenvalue weighted by molar-refractivity contribution is 7.89. The molecule has 3 saturated heterocycles. The van der Waals surface area contributed by atoms with Crippen molar-refractivity contribution in [3.8, 4) is 0 Å². The molecule has 7 rings (SSSR count). The Morgan fingerprint density at radius 3 is 1.95 bits per heavy atom. The van der Waals surface area contributed by atoms with Gasteiger partial charge in [-0.2, -0.15) is 9.40 Å². The number of piperazine rings is 1. The van der Waals surface area contributed by atoms with Crippen molar-refractivity contribution < 1.29 is 17.6 Å². The van der Waals surface area contributed by atoms with Crippen LogP contribution in [0.5, 0.6) is 0 Å². The molecule has 2 aliphatic carbocycles. The summed E-state index contributed by atoms with van der Waals surface area (Å²) in [5, 5.41) is 14.9. The van der Waals surface area contributed by atoms with Crippen LogP contribution in [0.4, 0.5) is 16.0 Å². The van der Waals surface area contributed by atoms with Gasteiger partial charge >= 0.3 is 0 Å². The molecular formula is C41H72FN9O3S. The fourth-order valence-electron chi connectivity index (χ4n) is 11.1. The number of carbonyl (C=O) groups excluding carboxylic acids is 1. The molecule has 1 aromatic heterocycles. The lowest BCUT2D eigenvalue weighted by Gasteiger charge is -2.48. The van der Waals surface area contributed by atoms with Crippen LogP contribution in [0.2, 0.25) is 0 Å². The van der Waals surface area contributed by atoms with Gasteiger partial charge in [0.05, 0.1) is 17.3 Å². The summed E-state index contributed by atoms with van der Waals surface area (Å²) >= 11 is 0. The quantitative estimate of drug-likeness (QED) is 0.281. The number of likely N-dealkylation sites (tertiary alicyclic amines) is 1. The van der Waals surface area contributed by atoms with Gasteiger partial charge in [0.15, 0.2) is 5.82 Å². The number of nitrogen functional groups attached to an aromatic ring is 1. The summed E-state index contributed by atoms with van der Waals surface area (Å²) in [6.07, 6.45) is 21.7. The van der Waals surface area contributed by atoms with E-state index in [4.69, 9.17) is 5.73 Å². The average molecular weight is 790 g/mol. The minimum absolute atomic E-state index is 0.0579. The Balaban J connectivity index is 1.08. The molecule has 5 unspecified atom stereocenters. The van der Waals surface area contributed by atoms with Crippen LogP contribution in [0, 0.1) is 11.8 Å². The van der Waals surface area contributed by atoms with Gasteiger partial charge in [0, 0.05) is 51.4 Å². The molecule has 1 aromatic rings. The summed E-state index contributed by atoms with van der Waals surface area (Å²) in [6.45, 7) is 4.68. The van der Waals surface area contributed by atoms with Gasteiger partial charge in [-0.05, 0) is 76.9 Å². The van der Waals surface area contributed by atoms with E-state index in [2.05, 4.69) is 37.9 Å². The number of rotatable bonds is 7. The van der Waals surface area contributed by atoms with E-state index in [9.17, 15) is 13.2 Å². The highest BCUT2D eigenvalue weighted by Gasteiger charge is 2.43. The van der Waals surface area contributed by atoms with Crippen molar-refractivity contribution in [2.24, 2.45) is 11.8 Å². The topological polar surface area (TPSA) is 141 Å². The SMILES string of the molecule is CN1CCC(S(=O)(=O)N2CCN(C3CC(C4CCCCCCCC4)NCC3NC(=O)c3c(N)nn4c3NCC(F)C4C3CCCCCCCCC3)CC2)CC1. The molecule has 5 N–H and O–H groups in total. The molecule has 6 aliphatic rings. The Morgan fingerprint density at radius 2 is 1.35 bits per heavy atom. The molecule has 14 heteroatoms. The van der Waals surface area contributed by atoms with E-state index in [1.807, 2.05) is 0 Å². The number of carbonyl (C=O) groups is 1. The van der Waals surface area contributed by atoms with E-state index in [-0.39, 0.29) is 41.5 Å². The molecule has 1 amide bonds. The molecule has 5 atom stereocenters. The fraction of sp³-hybridized carbons (Fsp3) is 0.902. The maximum atomic E-state index is 15.9. The number of nitrogens with one attached hydrogen (secondary N) is 3. The van der Waals surface area contributed by atoms with Gasteiger partial charge in [-0.1, -0.05) is 83.5 Å². The number of nitrogens with two attached hydrogens (primary N) is 1. The van der Waals surface area contributed by atoms with Crippen LogP contribution in [-0.2, 0) is 10.0 Å². The lowest BCUT2D eigenvalue weighted by molar-refractivity contribution is 0.0603. The van der Waals surface area contributed by atoms with Crippen LogP contribution in [-0.4, -0.2) is 127 Å². The Hall–Kier alpha value is -2.00. The number of anilines is 2. The molecular weight excluding hydrogens is 718 g/mol. The number of halogens is 1. The first-order valence-electron chi connectivity index (χ1n) is 22.4. The molecule has 0 bridgehead atoms. The number of nitrogens with zero attached hydrogens (tertiary/aromatic N) is 5. The predicted molar refractivity (Wildman–Crippen MR) is 219 cm³/mol. The molecule has 5 fully saturated rings. The van der Waals surface area contributed by atoms with Crippen LogP contribution in [0.3, 0.4) is 0 Å². The third kappa shape index (κ3) is 9.83. The van der Waals surface area contributed by atoms with Crippen molar-refractivity contribution in [1.29, 1.82) is 0 Å². The Morgan fingerprint density at radius 1 is 0.782 bits per heavy atom. The van der Waals surface area contributed by atoms with Crippen LogP contribution in [0.1, 0.15) is 145 Å². The van der Waals surface area contributed by atoms with E-state index in [1.54, 1.807) is 8.99 Å². The minimum Gasteiger partial charge on any atom is -0.381 e. The summed E-state index contributed by atoms with van der Waals surface area (Å²) < 4.78 is 46.8. The largest absolute Gasteiger partial charge is 0.381 e. The molecule has 0 spiro atoms. The first-order valence-corrected chi connectivity index (χ1v) is 23.9. The van der Waals surface area contributed by atoms with Crippen molar-refractivity contribution in [2.45, 2.75) is 164 Å². The van der Waals surface area contributed by atoms with Crippen LogP contribution >= 0.6 is 0 Å². The van der Waals surface area contributed by atoms with Gasteiger partial charge in [0.1, 0.15) is 17.6 Å². The monoisotopic (exact) mass is 790 g/mol. The van der Waals surface area contributed by atoms with Crippen LogP contribution in [0.15, 0.2) is 0 Å². The smallest absolute Gasteiger partial charge is 0.259 e. The zero-order valence-electron chi connectivity index (χ0n) is 33.7. The maximum Gasteiger partial charge on any atom is 0.259 e. The number of alkyl halides is 1. The maximum absolute atomic E-state index is 15.9. The van der Waals surface area contributed by atoms with Gasteiger partial charge in [-0.15, -0.1) is 0 Å². The summed E-state index contributed by atoms with van der Waals surface area (Å²) in [7, 11) is -1.30. The molecule has 2 saturated carbocycles. The van der Waals surface area contributed by atoms with E-state index in [0.29, 0.717) is 68.9 Å². The molecule has 312 valence electrons. The third-order valence-corrected chi connectivity index (χ3v) is 16.8. The van der Waals surface area contributed by atoms with Crippen molar-refractivity contribution in [3.63, 3.8) is 0 Å². The number of sulfonamides is 1. The lowest BCUT2D eigenvalue weighted by Crippen LogP contribution is -2.66. The summed E-state index contributed by atoms with van der Waals surface area (Å²) in [4.78, 5) is 19.1. The van der Waals surface area contributed by atoms with Gasteiger partial charge in [0.2, 0.25) is 10.0 Å². The lowest BCUT2D eigenvalue weighted by atomic mass is 9.81. The van der Waals surface area contributed by atoms with Crippen LogP contribution < -0.4 is 21.7 Å². The highest BCUT2D eigenvalue weighted by atomic mass is 32.2. The van der Waals surface area contributed by atoms with Crippen molar-refractivity contribution >= 4 is 27.6 Å². The molecule has 4 aliphatic heterocycles. The fourth-order valence-corrected chi connectivity index (χ4v) is 13.0. The second-order valence-corrected chi connectivity index (χ2v) is 20.3. The first-order chi connectivity index (χ1) is 26.7.